The van der Waals surface area contributed by atoms with Gasteiger partial charge in [-0.05, 0) is 36.6 Å². The predicted octanol–water partition coefficient (Wildman–Crippen LogP) is 2.47. The van der Waals surface area contributed by atoms with E-state index in [-0.39, 0.29) is 25.0 Å². The summed E-state index contributed by atoms with van der Waals surface area (Å²) < 4.78 is 16.6. The molecule has 3 rings (SSSR count). The van der Waals surface area contributed by atoms with Gasteiger partial charge in [-0.15, -0.1) is 0 Å². The van der Waals surface area contributed by atoms with E-state index < -0.39 is 6.10 Å². The second-order valence-electron chi connectivity index (χ2n) is 7.01. The van der Waals surface area contributed by atoms with Gasteiger partial charge in [0.1, 0.15) is 13.2 Å². The first-order valence-corrected chi connectivity index (χ1v) is 9.58. The highest BCUT2D eigenvalue weighted by Crippen LogP contribution is 2.31. The van der Waals surface area contributed by atoms with Gasteiger partial charge in [0.05, 0.1) is 25.7 Å². The van der Waals surface area contributed by atoms with Gasteiger partial charge in [0.15, 0.2) is 11.5 Å². The van der Waals surface area contributed by atoms with Crippen molar-refractivity contribution in [3.63, 3.8) is 0 Å². The van der Waals surface area contributed by atoms with E-state index >= 15 is 0 Å². The van der Waals surface area contributed by atoms with Crippen LogP contribution < -0.4 is 14.8 Å². The minimum Gasteiger partial charge on any atom is -0.486 e. The summed E-state index contributed by atoms with van der Waals surface area (Å²) in [6, 6.07) is 15.5. The second-order valence-corrected chi connectivity index (χ2v) is 7.01. The van der Waals surface area contributed by atoms with E-state index in [2.05, 4.69) is 5.32 Å². The third-order valence-electron chi connectivity index (χ3n) is 4.40. The lowest BCUT2D eigenvalue weighted by Gasteiger charge is -2.20. The molecule has 2 atom stereocenters. The maximum atomic E-state index is 12.1. The van der Waals surface area contributed by atoms with Crippen molar-refractivity contribution < 1.29 is 24.1 Å². The maximum absolute atomic E-state index is 12.1. The van der Waals surface area contributed by atoms with E-state index in [4.69, 9.17) is 14.2 Å². The number of fused-ring (bicyclic) bond motifs is 1. The van der Waals surface area contributed by atoms with Crippen LogP contribution in [0, 0.1) is 0 Å². The molecule has 1 heterocycles. The zero-order valence-corrected chi connectivity index (χ0v) is 16.1. The van der Waals surface area contributed by atoms with Crippen molar-refractivity contribution in [3.05, 3.63) is 59.7 Å². The zero-order chi connectivity index (χ0) is 19.8. The van der Waals surface area contributed by atoms with Crippen LogP contribution >= 0.6 is 0 Å². The molecule has 0 aromatic heterocycles. The van der Waals surface area contributed by atoms with Crippen molar-refractivity contribution in [1.82, 2.24) is 5.32 Å². The van der Waals surface area contributed by atoms with Gasteiger partial charge in [0.2, 0.25) is 5.91 Å². The molecule has 2 aromatic carbocycles. The number of carbonyl (C=O) groups excluding carboxylic acids is 1. The fourth-order valence-electron chi connectivity index (χ4n) is 3.11. The number of benzene rings is 2. The Kier molecular flexibility index (Phi) is 7.28. The number of aliphatic hydroxyl groups excluding tert-OH is 1. The molecular weight excluding hydrogens is 358 g/mol. The second kappa shape index (κ2) is 10.1. The van der Waals surface area contributed by atoms with Crippen molar-refractivity contribution in [2.45, 2.75) is 38.5 Å². The molecule has 0 bridgehead atoms. The molecule has 6 heteroatoms. The first-order valence-electron chi connectivity index (χ1n) is 9.58. The highest BCUT2D eigenvalue weighted by atomic mass is 16.6. The van der Waals surface area contributed by atoms with Crippen LogP contribution in [0.15, 0.2) is 48.5 Å². The standard InChI is InChI=1S/C22H27NO5/c1-16(11-18-7-8-20-21(12-18)28-10-9-27-20)23-22(25)13-19(24)15-26-14-17-5-3-2-4-6-17/h2-8,12,16,19,24H,9-11,13-15H2,1H3,(H,23,25)/t16-,19?/m1/s1. The summed E-state index contributed by atoms with van der Waals surface area (Å²) in [6.07, 6.45) is -0.145. The highest BCUT2D eigenvalue weighted by molar-refractivity contribution is 5.76. The number of ether oxygens (including phenoxy) is 3. The van der Waals surface area contributed by atoms with Gasteiger partial charge in [0, 0.05) is 6.04 Å². The van der Waals surface area contributed by atoms with Crippen molar-refractivity contribution >= 4 is 5.91 Å². The first-order chi connectivity index (χ1) is 13.6. The molecule has 28 heavy (non-hydrogen) atoms. The van der Waals surface area contributed by atoms with Crippen LogP contribution in [0.5, 0.6) is 11.5 Å². The predicted molar refractivity (Wildman–Crippen MR) is 105 cm³/mol. The van der Waals surface area contributed by atoms with Crippen LogP contribution in [0.25, 0.3) is 0 Å². The topological polar surface area (TPSA) is 77.0 Å². The molecule has 0 saturated heterocycles. The SMILES string of the molecule is C[C@H](Cc1ccc2c(c1)OCCO2)NC(=O)CC(O)COCc1ccccc1. The molecule has 0 fully saturated rings. The maximum Gasteiger partial charge on any atom is 0.222 e. The number of nitrogens with one attached hydrogen (secondary N) is 1. The Morgan fingerprint density at radius 3 is 2.64 bits per heavy atom. The fraction of sp³-hybridized carbons (Fsp3) is 0.409. The van der Waals surface area contributed by atoms with Gasteiger partial charge < -0.3 is 24.6 Å². The molecule has 1 aliphatic rings. The molecule has 2 aromatic rings. The van der Waals surface area contributed by atoms with E-state index in [0.29, 0.717) is 26.2 Å². The number of rotatable bonds is 9. The Morgan fingerprint density at radius 1 is 1.11 bits per heavy atom. The minimum atomic E-state index is -0.829. The average molecular weight is 385 g/mol. The summed E-state index contributed by atoms with van der Waals surface area (Å²) in [6.45, 7) is 3.59. The van der Waals surface area contributed by atoms with Gasteiger partial charge in [0.25, 0.3) is 0 Å². The Bertz CT molecular complexity index is 765. The Hall–Kier alpha value is -2.57. The number of amides is 1. The van der Waals surface area contributed by atoms with Gasteiger partial charge >= 0.3 is 0 Å². The summed E-state index contributed by atoms with van der Waals surface area (Å²) in [4.78, 5) is 12.1. The summed E-state index contributed by atoms with van der Waals surface area (Å²) in [5.74, 6) is 1.31. The smallest absolute Gasteiger partial charge is 0.222 e. The molecule has 0 aliphatic carbocycles. The van der Waals surface area contributed by atoms with E-state index in [1.54, 1.807) is 0 Å². The van der Waals surface area contributed by atoms with Gasteiger partial charge in [-0.3, -0.25) is 4.79 Å². The molecule has 6 nitrogen and oxygen atoms in total. The third kappa shape index (κ3) is 6.25. The molecule has 0 spiro atoms. The third-order valence-corrected chi connectivity index (χ3v) is 4.40. The average Bonchev–Trinajstić information content (AvgIpc) is 2.68. The Labute approximate surface area is 165 Å². The van der Waals surface area contributed by atoms with Crippen LogP contribution in [0.1, 0.15) is 24.5 Å². The first kappa shape index (κ1) is 20.2. The van der Waals surface area contributed by atoms with Gasteiger partial charge in [-0.1, -0.05) is 36.4 Å². The zero-order valence-electron chi connectivity index (χ0n) is 16.1. The summed E-state index contributed by atoms with van der Waals surface area (Å²) >= 11 is 0. The molecule has 2 N–H and O–H groups in total. The van der Waals surface area contributed by atoms with E-state index in [0.717, 1.165) is 22.6 Å². The molecule has 0 saturated carbocycles. The van der Waals surface area contributed by atoms with Crippen LogP contribution in [-0.4, -0.2) is 43.0 Å². The van der Waals surface area contributed by atoms with E-state index in [1.807, 2.05) is 55.5 Å². The molecule has 0 radical (unpaired) electrons. The summed E-state index contributed by atoms with van der Waals surface area (Å²) in [5.41, 5.74) is 2.09. The molecule has 1 amide bonds. The molecular formula is C22H27NO5. The Morgan fingerprint density at radius 2 is 1.86 bits per heavy atom. The summed E-state index contributed by atoms with van der Waals surface area (Å²) in [7, 11) is 0. The lowest BCUT2D eigenvalue weighted by atomic mass is 10.1. The number of hydrogen-bond donors (Lipinski definition) is 2. The van der Waals surface area contributed by atoms with Crippen molar-refractivity contribution in [3.8, 4) is 11.5 Å². The number of aliphatic hydroxyl groups is 1. The van der Waals surface area contributed by atoms with Crippen LogP contribution in [0.2, 0.25) is 0 Å². The van der Waals surface area contributed by atoms with Gasteiger partial charge in [-0.25, -0.2) is 0 Å². The van der Waals surface area contributed by atoms with E-state index in [9.17, 15) is 9.90 Å². The van der Waals surface area contributed by atoms with Crippen molar-refractivity contribution in [2.24, 2.45) is 0 Å². The van der Waals surface area contributed by atoms with E-state index in [1.165, 1.54) is 0 Å². The van der Waals surface area contributed by atoms with Crippen LogP contribution in [0.3, 0.4) is 0 Å². The van der Waals surface area contributed by atoms with Gasteiger partial charge in [-0.2, -0.15) is 0 Å². The number of carbonyl (C=O) groups is 1. The summed E-state index contributed by atoms with van der Waals surface area (Å²) in [5, 5.41) is 12.9. The number of hydrogen-bond acceptors (Lipinski definition) is 5. The van der Waals surface area contributed by atoms with Crippen molar-refractivity contribution in [2.75, 3.05) is 19.8 Å². The monoisotopic (exact) mass is 385 g/mol. The molecule has 1 unspecified atom stereocenters. The molecule has 150 valence electrons. The highest BCUT2D eigenvalue weighted by Gasteiger charge is 2.16. The fourth-order valence-corrected chi connectivity index (χ4v) is 3.11. The Balaban J connectivity index is 1.37. The quantitative estimate of drug-likeness (QED) is 0.693. The van der Waals surface area contributed by atoms with Crippen molar-refractivity contribution in [1.29, 1.82) is 0 Å². The lowest BCUT2D eigenvalue weighted by Crippen LogP contribution is -2.36. The minimum absolute atomic E-state index is 0.0142. The largest absolute Gasteiger partial charge is 0.486 e. The molecule has 1 aliphatic heterocycles. The lowest BCUT2D eigenvalue weighted by molar-refractivity contribution is -0.124. The normalized spacial score (nSPS) is 14.9. The van der Waals surface area contributed by atoms with Crippen LogP contribution in [0.4, 0.5) is 0 Å². The van der Waals surface area contributed by atoms with Crippen LogP contribution in [-0.2, 0) is 22.6 Å².